The summed E-state index contributed by atoms with van der Waals surface area (Å²) in [6.07, 6.45) is 0.650. The van der Waals surface area contributed by atoms with Crippen molar-refractivity contribution in [2.75, 3.05) is 16.8 Å². The molecule has 0 aliphatic carbocycles. The Kier molecular flexibility index (Phi) is 5.69. The zero-order valence-electron chi connectivity index (χ0n) is 14.2. The van der Waals surface area contributed by atoms with E-state index in [0.717, 1.165) is 12.1 Å². The summed E-state index contributed by atoms with van der Waals surface area (Å²) in [6.45, 7) is 2.33. The smallest absolute Gasteiger partial charge is 0.265 e. The molecule has 0 unspecified atom stereocenters. The molecule has 3 rings (SSSR count). The number of halogens is 2. The van der Waals surface area contributed by atoms with Crippen LogP contribution in [0.3, 0.4) is 0 Å². The van der Waals surface area contributed by atoms with Crippen LogP contribution < -0.4 is 15.0 Å². The molecule has 136 valence electrons. The summed E-state index contributed by atoms with van der Waals surface area (Å²) >= 11 is 11.9. The number of hydrogen-bond acceptors (Lipinski definition) is 3. The fraction of sp³-hybridized carbons (Fsp3) is 0.263. The van der Waals surface area contributed by atoms with E-state index in [-0.39, 0.29) is 11.8 Å². The average molecular weight is 393 g/mol. The van der Waals surface area contributed by atoms with E-state index in [1.807, 2.05) is 6.07 Å². The Hall–Kier alpha value is -2.24. The van der Waals surface area contributed by atoms with Gasteiger partial charge in [-0.1, -0.05) is 29.3 Å². The lowest BCUT2D eigenvalue weighted by Crippen LogP contribution is -2.30. The van der Waals surface area contributed by atoms with Gasteiger partial charge >= 0.3 is 0 Å². The van der Waals surface area contributed by atoms with Crippen molar-refractivity contribution in [3.8, 4) is 5.75 Å². The molecular weight excluding hydrogens is 375 g/mol. The van der Waals surface area contributed by atoms with Crippen molar-refractivity contribution in [3.63, 3.8) is 0 Å². The number of anilines is 2. The number of carbonyl (C=O) groups excluding carboxylic acids is 2. The first-order valence-corrected chi connectivity index (χ1v) is 9.02. The lowest BCUT2D eigenvalue weighted by molar-refractivity contribution is -0.122. The Bertz CT molecular complexity index is 841. The van der Waals surface area contributed by atoms with E-state index in [1.54, 1.807) is 48.2 Å². The first-order valence-electron chi connectivity index (χ1n) is 8.27. The molecule has 2 aromatic rings. The second kappa shape index (κ2) is 7.98. The number of hydrogen-bond donors (Lipinski definition) is 1. The fourth-order valence-electron chi connectivity index (χ4n) is 2.73. The lowest BCUT2D eigenvalue weighted by Gasteiger charge is -2.18. The summed E-state index contributed by atoms with van der Waals surface area (Å²) in [5.74, 6) is 0.165. The number of ether oxygens (including phenoxy) is 1. The topological polar surface area (TPSA) is 58.6 Å². The third-order valence-corrected chi connectivity index (χ3v) is 4.60. The van der Waals surface area contributed by atoms with Crippen LogP contribution in [0.25, 0.3) is 0 Å². The highest BCUT2D eigenvalue weighted by Crippen LogP contribution is 2.29. The predicted octanol–water partition coefficient (Wildman–Crippen LogP) is 4.53. The number of nitrogens with one attached hydrogen (secondary N) is 1. The summed E-state index contributed by atoms with van der Waals surface area (Å²) in [7, 11) is 0. The van der Waals surface area contributed by atoms with Crippen molar-refractivity contribution >= 4 is 46.4 Å². The molecular formula is C19H18Cl2N2O3. The van der Waals surface area contributed by atoms with Gasteiger partial charge in [0.15, 0.2) is 6.10 Å². The SMILES string of the molecule is C[C@@H](Oc1ccc(Cl)cc1Cl)C(=O)Nc1cccc(N2CCCC2=O)c1. The van der Waals surface area contributed by atoms with Crippen LogP contribution in [-0.4, -0.2) is 24.5 Å². The Morgan fingerprint density at radius 3 is 2.73 bits per heavy atom. The minimum absolute atomic E-state index is 0.0996. The van der Waals surface area contributed by atoms with Crippen molar-refractivity contribution in [1.82, 2.24) is 0 Å². The standard InChI is InChI=1S/C19H18Cl2N2O3/c1-12(26-17-8-7-13(20)10-16(17)21)19(25)22-14-4-2-5-15(11-14)23-9-3-6-18(23)24/h2,4-5,7-8,10-12H,3,6,9H2,1H3,(H,22,25)/t12-/m1/s1. The van der Waals surface area contributed by atoms with Gasteiger partial charge in [-0.25, -0.2) is 0 Å². The molecule has 1 fully saturated rings. The van der Waals surface area contributed by atoms with Crippen LogP contribution >= 0.6 is 23.2 Å². The molecule has 0 spiro atoms. The van der Waals surface area contributed by atoms with Crippen LogP contribution in [0.15, 0.2) is 42.5 Å². The van der Waals surface area contributed by atoms with Crippen LogP contribution in [0.5, 0.6) is 5.75 Å². The van der Waals surface area contributed by atoms with Crippen LogP contribution in [0.1, 0.15) is 19.8 Å². The second-order valence-corrected chi connectivity index (χ2v) is 6.87. The molecule has 0 radical (unpaired) electrons. The summed E-state index contributed by atoms with van der Waals surface area (Å²) in [4.78, 5) is 26.0. The molecule has 1 aliphatic rings. The van der Waals surface area contributed by atoms with Crippen LogP contribution in [0.2, 0.25) is 10.0 Å². The van der Waals surface area contributed by atoms with Crippen molar-refractivity contribution in [2.24, 2.45) is 0 Å². The van der Waals surface area contributed by atoms with Gasteiger partial charge in [0, 0.05) is 29.4 Å². The van der Waals surface area contributed by atoms with Gasteiger partial charge in [0.2, 0.25) is 5.91 Å². The molecule has 0 saturated carbocycles. The molecule has 5 nitrogen and oxygen atoms in total. The highest BCUT2D eigenvalue weighted by atomic mass is 35.5. The molecule has 0 bridgehead atoms. The molecule has 1 saturated heterocycles. The molecule has 1 aliphatic heterocycles. The Morgan fingerprint density at radius 1 is 1.23 bits per heavy atom. The molecule has 26 heavy (non-hydrogen) atoms. The van der Waals surface area contributed by atoms with Gasteiger partial charge in [0.05, 0.1) is 5.02 Å². The number of carbonyl (C=O) groups is 2. The average Bonchev–Trinajstić information content (AvgIpc) is 3.03. The fourth-order valence-corrected chi connectivity index (χ4v) is 3.18. The minimum Gasteiger partial charge on any atom is -0.479 e. The molecule has 2 amide bonds. The third kappa shape index (κ3) is 4.29. The van der Waals surface area contributed by atoms with Crippen molar-refractivity contribution < 1.29 is 14.3 Å². The van der Waals surface area contributed by atoms with E-state index < -0.39 is 6.10 Å². The largest absolute Gasteiger partial charge is 0.479 e. The van der Waals surface area contributed by atoms with E-state index in [0.29, 0.717) is 34.4 Å². The Balaban J connectivity index is 1.66. The summed E-state index contributed by atoms with van der Waals surface area (Å²) in [5.41, 5.74) is 1.38. The summed E-state index contributed by atoms with van der Waals surface area (Å²) < 4.78 is 5.61. The first kappa shape index (κ1) is 18.5. The van der Waals surface area contributed by atoms with Gasteiger partial charge in [-0.05, 0) is 49.7 Å². The zero-order chi connectivity index (χ0) is 18.7. The van der Waals surface area contributed by atoms with Crippen LogP contribution in [-0.2, 0) is 9.59 Å². The van der Waals surface area contributed by atoms with E-state index in [9.17, 15) is 9.59 Å². The highest BCUT2D eigenvalue weighted by Gasteiger charge is 2.22. The lowest BCUT2D eigenvalue weighted by atomic mass is 10.2. The van der Waals surface area contributed by atoms with E-state index in [2.05, 4.69) is 5.32 Å². The van der Waals surface area contributed by atoms with Crippen molar-refractivity contribution in [1.29, 1.82) is 0 Å². The van der Waals surface area contributed by atoms with Crippen LogP contribution in [0.4, 0.5) is 11.4 Å². The van der Waals surface area contributed by atoms with Crippen molar-refractivity contribution in [2.45, 2.75) is 25.9 Å². The molecule has 1 atom stereocenters. The van der Waals surface area contributed by atoms with Gasteiger partial charge < -0.3 is 15.0 Å². The first-order chi connectivity index (χ1) is 12.4. The minimum atomic E-state index is -0.759. The number of rotatable bonds is 5. The van der Waals surface area contributed by atoms with Crippen LogP contribution in [0, 0.1) is 0 Å². The van der Waals surface area contributed by atoms with E-state index in [1.165, 1.54) is 0 Å². The van der Waals surface area contributed by atoms with Gasteiger partial charge in [0.1, 0.15) is 5.75 Å². The molecule has 1 heterocycles. The highest BCUT2D eigenvalue weighted by molar-refractivity contribution is 6.35. The predicted molar refractivity (Wildman–Crippen MR) is 103 cm³/mol. The summed E-state index contributed by atoms with van der Waals surface area (Å²) in [5, 5.41) is 3.63. The monoisotopic (exact) mass is 392 g/mol. The molecule has 2 aromatic carbocycles. The Labute approximate surface area is 161 Å². The third-order valence-electron chi connectivity index (χ3n) is 4.07. The molecule has 1 N–H and O–H groups in total. The maximum Gasteiger partial charge on any atom is 0.265 e. The van der Waals surface area contributed by atoms with Gasteiger partial charge in [0.25, 0.3) is 5.91 Å². The van der Waals surface area contributed by atoms with E-state index >= 15 is 0 Å². The van der Waals surface area contributed by atoms with E-state index in [4.69, 9.17) is 27.9 Å². The van der Waals surface area contributed by atoms with Gasteiger partial charge in [-0.3, -0.25) is 9.59 Å². The molecule has 0 aromatic heterocycles. The quantitative estimate of drug-likeness (QED) is 0.812. The molecule has 7 heteroatoms. The maximum absolute atomic E-state index is 12.4. The van der Waals surface area contributed by atoms with Crippen molar-refractivity contribution in [3.05, 3.63) is 52.5 Å². The second-order valence-electron chi connectivity index (χ2n) is 6.02. The zero-order valence-corrected chi connectivity index (χ0v) is 15.7. The van der Waals surface area contributed by atoms with Gasteiger partial charge in [-0.15, -0.1) is 0 Å². The number of nitrogens with zero attached hydrogens (tertiary/aromatic N) is 1. The Morgan fingerprint density at radius 2 is 2.04 bits per heavy atom. The number of amides is 2. The normalized spacial score (nSPS) is 15.0. The number of benzene rings is 2. The summed E-state index contributed by atoms with van der Waals surface area (Å²) in [6, 6.07) is 12.0. The maximum atomic E-state index is 12.4. The van der Waals surface area contributed by atoms with Gasteiger partial charge in [-0.2, -0.15) is 0 Å².